The zero-order chi connectivity index (χ0) is 18.7. The van der Waals surface area contributed by atoms with Gasteiger partial charge in [-0.1, -0.05) is 71.8 Å². The summed E-state index contributed by atoms with van der Waals surface area (Å²) in [6.07, 6.45) is 4.25. The Morgan fingerprint density at radius 1 is 0.704 bits per heavy atom. The fourth-order valence-electron chi connectivity index (χ4n) is 4.96. The van der Waals surface area contributed by atoms with Crippen molar-refractivity contribution in [2.24, 2.45) is 23.7 Å². The number of hydrogen-bond donors (Lipinski definition) is 1. The van der Waals surface area contributed by atoms with Crippen LogP contribution in [0.4, 0.5) is 0 Å². The summed E-state index contributed by atoms with van der Waals surface area (Å²) < 4.78 is 0. The number of carbonyl (C=O) groups excluding carboxylic acids is 2. The lowest BCUT2D eigenvalue weighted by Crippen LogP contribution is -2.26. The number of allylic oxidation sites excluding steroid dienone is 3. The Kier molecular flexibility index (Phi) is 3.48. The van der Waals surface area contributed by atoms with Gasteiger partial charge in [-0.3, -0.25) is 14.9 Å². The maximum atomic E-state index is 12.4. The van der Waals surface area contributed by atoms with Gasteiger partial charge in [0.2, 0.25) is 11.8 Å². The predicted molar refractivity (Wildman–Crippen MR) is 105 cm³/mol. The zero-order valence-corrected chi connectivity index (χ0v) is 15.4. The Morgan fingerprint density at radius 3 is 1.52 bits per heavy atom. The third-order valence-electron chi connectivity index (χ3n) is 6.23. The Bertz CT molecular complexity index is 932. The van der Waals surface area contributed by atoms with E-state index < -0.39 is 0 Å². The van der Waals surface area contributed by atoms with E-state index >= 15 is 0 Å². The molecule has 0 spiro atoms. The molecular weight excluding hydrogens is 334 g/mol. The number of fused-ring (bicyclic) bond motifs is 5. The lowest BCUT2D eigenvalue weighted by atomic mass is 9.85. The number of rotatable bonds is 2. The van der Waals surface area contributed by atoms with Crippen molar-refractivity contribution in [3.8, 4) is 0 Å². The first-order valence-electron chi connectivity index (χ1n) is 9.46. The van der Waals surface area contributed by atoms with Crippen LogP contribution in [0.2, 0.25) is 0 Å². The van der Waals surface area contributed by atoms with Crippen LogP contribution in [0.1, 0.15) is 22.3 Å². The highest BCUT2D eigenvalue weighted by Crippen LogP contribution is 2.56. The van der Waals surface area contributed by atoms with Crippen molar-refractivity contribution >= 4 is 17.4 Å². The van der Waals surface area contributed by atoms with Crippen molar-refractivity contribution in [2.45, 2.75) is 13.8 Å². The van der Waals surface area contributed by atoms with Crippen LogP contribution < -0.4 is 5.32 Å². The molecule has 3 heteroatoms. The second kappa shape index (κ2) is 5.78. The Labute approximate surface area is 158 Å². The molecule has 1 aliphatic heterocycles. The molecule has 3 nitrogen and oxygen atoms in total. The number of benzene rings is 2. The van der Waals surface area contributed by atoms with Crippen LogP contribution in [-0.4, -0.2) is 11.8 Å². The normalized spacial score (nSPS) is 27.9. The highest BCUT2D eigenvalue weighted by Gasteiger charge is 2.59. The first-order valence-corrected chi connectivity index (χ1v) is 9.46. The number of hydrogen-bond acceptors (Lipinski definition) is 2. The van der Waals surface area contributed by atoms with Gasteiger partial charge in [0.25, 0.3) is 0 Å². The van der Waals surface area contributed by atoms with E-state index in [4.69, 9.17) is 0 Å². The van der Waals surface area contributed by atoms with Crippen LogP contribution in [0.3, 0.4) is 0 Å². The van der Waals surface area contributed by atoms with Gasteiger partial charge in [-0.15, -0.1) is 0 Å². The summed E-state index contributed by atoms with van der Waals surface area (Å²) in [5.74, 6) is -0.743. The fourth-order valence-corrected chi connectivity index (χ4v) is 4.96. The van der Waals surface area contributed by atoms with Crippen LogP contribution in [-0.2, 0) is 9.59 Å². The third kappa shape index (κ3) is 2.34. The van der Waals surface area contributed by atoms with Crippen LogP contribution in [0.15, 0.2) is 66.3 Å². The SMILES string of the molecule is Cc1ccc(C(=C2[C@@H]3C=C[C@@H]2[C@H]2C(=O)NC(=O)[C@H]23)c2ccc(C)cc2)cc1. The molecular formula is C24H21NO2. The number of amides is 2. The molecule has 0 aromatic heterocycles. The van der Waals surface area contributed by atoms with Gasteiger partial charge in [0.05, 0.1) is 11.8 Å². The van der Waals surface area contributed by atoms with Gasteiger partial charge < -0.3 is 0 Å². The number of nitrogens with one attached hydrogen (secondary N) is 1. The van der Waals surface area contributed by atoms with E-state index in [0.29, 0.717) is 0 Å². The summed E-state index contributed by atoms with van der Waals surface area (Å²) in [6, 6.07) is 17.1. The molecule has 1 saturated heterocycles. The number of imide groups is 1. The minimum atomic E-state index is -0.256. The molecule has 3 aliphatic rings. The smallest absolute Gasteiger partial charge is 0.231 e. The van der Waals surface area contributed by atoms with Gasteiger partial charge in [0.15, 0.2) is 0 Å². The van der Waals surface area contributed by atoms with Gasteiger partial charge in [-0.2, -0.15) is 0 Å². The minimum absolute atomic E-state index is 0.00376. The molecule has 134 valence electrons. The molecule has 27 heavy (non-hydrogen) atoms. The second-order valence-corrected chi connectivity index (χ2v) is 7.90. The van der Waals surface area contributed by atoms with Crippen LogP contribution in [0.5, 0.6) is 0 Å². The predicted octanol–water partition coefficient (Wildman–Crippen LogP) is 3.81. The summed E-state index contributed by atoms with van der Waals surface area (Å²) in [4.78, 5) is 24.8. The lowest BCUT2D eigenvalue weighted by molar-refractivity contribution is -0.126. The van der Waals surface area contributed by atoms with E-state index in [1.807, 2.05) is 0 Å². The molecule has 2 aromatic rings. The molecule has 0 radical (unpaired) electrons. The van der Waals surface area contributed by atoms with Gasteiger partial charge >= 0.3 is 0 Å². The van der Waals surface area contributed by atoms with Crippen molar-refractivity contribution in [1.29, 1.82) is 0 Å². The summed E-state index contributed by atoms with van der Waals surface area (Å²) >= 11 is 0. The summed E-state index contributed by atoms with van der Waals surface area (Å²) in [5.41, 5.74) is 7.11. The van der Waals surface area contributed by atoms with Crippen molar-refractivity contribution in [3.05, 3.63) is 88.5 Å². The fraction of sp³-hybridized carbons (Fsp3) is 0.250. The Morgan fingerprint density at radius 2 is 1.11 bits per heavy atom. The molecule has 2 bridgehead atoms. The van der Waals surface area contributed by atoms with Gasteiger partial charge in [-0.05, 0) is 36.1 Å². The average molecular weight is 355 g/mol. The zero-order valence-electron chi connectivity index (χ0n) is 15.4. The Balaban J connectivity index is 1.74. The summed E-state index contributed by atoms with van der Waals surface area (Å²) in [5, 5.41) is 2.53. The van der Waals surface area contributed by atoms with Gasteiger partial charge in [0, 0.05) is 11.8 Å². The standard InChI is InChI=1S/C24H21NO2/c1-13-3-7-15(8-4-13)19(16-9-5-14(2)6-10-16)20-17-11-12-18(20)22-21(17)23(26)25-24(22)27/h3-12,17-18,21-22H,1-2H3,(H,25,26,27)/t17-,18-,21-,22+/m0/s1. The van der Waals surface area contributed by atoms with Crippen molar-refractivity contribution in [2.75, 3.05) is 0 Å². The molecule has 1 N–H and O–H groups in total. The number of aryl methyl sites for hydroxylation is 2. The molecule has 2 fully saturated rings. The molecule has 1 saturated carbocycles. The molecule has 1 heterocycles. The van der Waals surface area contributed by atoms with Crippen LogP contribution in [0, 0.1) is 37.5 Å². The summed E-state index contributed by atoms with van der Waals surface area (Å²) in [7, 11) is 0. The monoisotopic (exact) mass is 355 g/mol. The van der Waals surface area contributed by atoms with E-state index in [0.717, 1.165) is 11.1 Å². The van der Waals surface area contributed by atoms with Crippen LogP contribution in [0.25, 0.3) is 5.57 Å². The van der Waals surface area contributed by atoms with E-state index in [1.54, 1.807) is 0 Å². The van der Waals surface area contributed by atoms with Crippen molar-refractivity contribution in [3.63, 3.8) is 0 Å². The maximum Gasteiger partial charge on any atom is 0.231 e. The molecule has 0 unspecified atom stereocenters. The van der Waals surface area contributed by atoms with E-state index in [2.05, 4.69) is 79.8 Å². The lowest BCUT2D eigenvalue weighted by Gasteiger charge is -2.18. The topological polar surface area (TPSA) is 46.2 Å². The quantitative estimate of drug-likeness (QED) is 0.658. The maximum absolute atomic E-state index is 12.4. The van der Waals surface area contributed by atoms with Gasteiger partial charge in [0.1, 0.15) is 0 Å². The van der Waals surface area contributed by atoms with Crippen molar-refractivity contribution in [1.82, 2.24) is 5.32 Å². The van der Waals surface area contributed by atoms with E-state index in [-0.39, 0.29) is 35.5 Å². The molecule has 5 rings (SSSR count). The van der Waals surface area contributed by atoms with Crippen LogP contribution >= 0.6 is 0 Å². The first kappa shape index (κ1) is 16.2. The number of carbonyl (C=O) groups is 2. The molecule has 2 aliphatic carbocycles. The third-order valence-corrected chi connectivity index (χ3v) is 6.23. The molecule has 2 aromatic carbocycles. The van der Waals surface area contributed by atoms with Gasteiger partial charge in [-0.25, -0.2) is 0 Å². The Hall–Kier alpha value is -2.94. The average Bonchev–Trinajstić information content (AvgIpc) is 3.30. The second-order valence-electron chi connectivity index (χ2n) is 7.90. The minimum Gasteiger partial charge on any atom is -0.296 e. The highest BCUT2D eigenvalue weighted by atomic mass is 16.2. The first-order chi connectivity index (χ1) is 13.0. The summed E-state index contributed by atoms with van der Waals surface area (Å²) in [6.45, 7) is 4.16. The largest absolute Gasteiger partial charge is 0.296 e. The highest BCUT2D eigenvalue weighted by molar-refractivity contribution is 6.08. The molecule has 4 atom stereocenters. The van der Waals surface area contributed by atoms with E-state index in [1.165, 1.54) is 22.3 Å². The van der Waals surface area contributed by atoms with Crippen molar-refractivity contribution < 1.29 is 9.59 Å². The van der Waals surface area contributed by atoms with E-state index in [9.17, 15) is 9.59 Å². The molecule has 2 amide bonds.